The summed E-state index contributed by atoms with van der Waals surface area (Å²) in [4.78, 5) is 29.6. The summed E-state index contributed by atoms with van der Waals surface area (Å²) in [5.74, 6) is -1.36. The van der Waals surface area contributed by atoms with Crippen LogP contribution in [0.15, 0.2) is 55.0 Å². The van der Waals surface area contributed by atoms with Gasteiger partial charge in [-0.15, -0.1) is 0 Å². The Kier molecular flexibility index (Phi) is 4.89. The number of aromatic nitrogens is 3. The summed E-state index contributed by atoms with van der Waals surface area (Å²) in [6.07, 6.45) is 0.311. The van der Waals surface area contributed by atoms with E-state index in [1.807, 2.05) is 6.92 Å². The number of amides is 1. The molecule has 0 bridgehead atoms. The SMILES string of the molecule is C[C@@H]1CC(c2ccc(C(F)(F)F)cc2)C(=O)c2c(NC(=O)c3cccnc3)cnn21. The molecule has 0 radical (unpaired) electrons. The second-order valence-electron chi connectivity index (χ2n) is 7.17. The smallest absolute Gasteiger partial charge is 0.319 e. The number of fused-ring (bicyclic) bond motifs is 1. The lowest BCUT2D eigenvalue weighted by molar-refractivity contribution is -0.137. The number of carbonyl (C=O) groups is 2. The van der Waals surface area contributed by atoms with Crippen LogP contribution in [-0.2, 0) is 6.18 Å². The number of ketones is 1. The predicted octanol–water partition coefficient (Wildman–Crippen LogP) is 4.48. The third-order valence-corrected chi connectivity index (χ3v) is 5.15. The second kappa shape index (κ2) is 7.40. The predicted molar refractivity (Wildman–Crippen MR) is 102 cm³/mol. The van der Waals surface area contributed by atoms with Crippen LogP contribution < -0.4 is 5.32 Å². The lowest BCUT2D eigenvalue weighted by Crippen LogP contribution is -2.29. The number of Topliss-reactive ketones (excluding diaryl/α,β-unsaturated/α-hetero) is 1. The van der Waals surface area contributed by atoms with E-state index in [4.69, 9.17) is 0 Å². The van der Waals surface area contributed by atoms with Crippen LogP contribution in [0.5, 0.6) is 0 Å². The van der Waals surface area contributed by atoms with Gasteiger partial charge in [-0.2, -0.15) is 18.3 Å². The van der Waals surface area contributed by atoms with Gasteiger partial charge in [-0.1, -0.05) is 12.1 Å². The van der Waals surface area contributed by atoms with Crippen molar-refractivity contribution in [1.29, 1.82) is 0 Å². The zero-order chi connectivity index (χ0) is 21.5. The fourth-order valence-electron chi connectivity index (χ4n) is 3.63. The van der Waals surface area contributed by atoms with Crippen molar-refractivity contribution < 1.29 is 22.8 Å². The van der Waals surface area contributed by atoms with Crippen molar-refractivity contribution in [2.24, 2.45) is 0 Å². The van der Waals surface area contributed by atoms with E-state index < -0.39 is 23.6 Å². The van der Waals surface area contributed by atoms with Gasteiger partial charge >= 0.3 is 6.18 Å². The minimum atomic E-state index is -4.44. The van der Waals surface area contributed by atoms with E-state index in [1.54, 1.807) is 23.0 Å². The van der Waals surface area contributed by atoms with Gasteiger partial charge in [0.1, 0.15) is 5.69 Å². The maximum Gasteiger partial charge on any atom is 0.416 e. The number of hydrogen-bond donors (Lipinski definition) is 1. The number of hydrogen-bond acceptors (Lipinski definition) is 4. The van der Waals surface area contributed by atoms with E-state index in [0.717, 1.165) is 12.1 Å². The number of pyridine rings is 1. The van der Waals surface area contributed by atoms with E-state index >= 15 is 0 Å². The molecule has 0 saturated heterocycles. The van der Waals surface area contributed by atoms with Gasteiger partial charge in [-0.05, 0) is 43.2 Å². The Bertz CT molecular complexity index is 1090. The van der Waals surface area contributed by atoms with Gasteiger partial charge in [0.2, 0.25) is 0 Å². The first-order valence-electron chi connectivity index (χ1n) is 9.26. The van der Waals surface area contributed by atoms with Crippen LogP contribution in [0.3, 0.4) is 0 Å². The number of nitrogens with one attached hydrogen (secondary N) is 1. The van der Waals surface area contributed by atoms with E-state index in [2.05, 4.69) is 15.4 Å². The van der Waals surface area contributed by atoms with E-state index in [9.17, 15) is 22.8 Å². The van der Waals surface area contributed by atoms with E-state index in [-0.39, 0.29) is 23.2 Å². The molecule has 30 heavy (non-hydrogen) atoms. The van der Waals surface area contributed by atoms with Crippen molar-refractivity contribution >= 4 is 17.4 Å². The molecule has 1 aliphatic rings. The van der Waals surface area contributed by atoms with Crippen molar-refractivity contribution in [3.05, 3.63) is 77.4 Å². The third kappa shape index (κ3) is 3.58. The molecule has 3 aromatic rings. The Hall–Kier alpha value is -3.49. The first-order chi connectivity index (χ1) is 14.3. The van der Waals surface area contributed by atoms with Crippen LogP contribution in [0.25, 0.3) is 0 Å². The highest BCUT2D eigenvalue weighted by Crippen LogP contribution is 2.39. The Morgan fingerprint density at radius 1 is 1.17 bits per heavy atom. The number of halogens is 3. The molecule has 2 atom stereocenters. The molecule has 1 aromatic carbocycles. The van der Waals surface area contributed by atoms with E-state index in [0.29, 0.717) is 17.5 Å². The molecule has 4 rings (SSSR count). The summed E-state index contributed by atoms with van der Waals surface area (Å²) < 4.78 is 40.1. The quantitative estimate of drug-likeness (QED) is 0.686. The Balaban J connectivity index is 1.63. The fraction of sp³-hybridized carbons (Fsp3) is 0.238. The second-order valence-corrected chi connectivity index (χ2v) is 7.17. The molecule has 0 aliphatic carbocycles. The van der Waals surface area contributed by atoms with Crippen molar-refractivity contribution in [3.63, 3.8) is 0 Å². The molecular formula is C21H17F3N4O2. The van der Waals surface area contributed by atoms with Gasteiger partial charge < -0.3 is 5.32 Å². The molecule has 1 N–H and O–H groups in total. The number of benzene rings is 1. The van der Waals surface area contributed by atoms with Crippen LogP contribution in [0, 0.1) is 0 Å². The molecule has 1 amide bonds. The number of alkyl halides is 3. The van der Waals surface area contributed by atoms with Crippen LogP contribution >= 0.6 is 0 Å². The highest BCUT2D eigenvalue weighted by Gasteiger charge is 2.37. The molecule has 0 spiro atoms. The number of anilines is 1. The Labute approximate surface area is 169 Å². The van der Waals surface area contributed by atoms with Gasteiger partial charge in [-0.3, -0.25) is 19.3 Å². The summed E-state index contributed by atoms with van der Waals surface area (Å²) in [5.41, 5.74) is 0.551. The lowest BCUT2D eigenvalue weighted by Gasteiger charge is -2.28. The molecule has 2 aromatic heterocycles. The first-order valence-corrected chi connectivity index (χ1v) is 9.26. The van der Waals surface area contributed by atoms with Crippen LogP contribution in [0.4, 0.5) is 18.9 Å². The summed E-state index contributed by atoms with van der Waals surface area (Å²) >= 11 is 0. The lowest BCUT2D eigenvalue weighted by atomic mass is 9.84. The largest absolute Gasteiger partial charge is 0.416 e. The summed E-state index contributed by atoms with van der Waals surface area (Å²) in [7, 11) is 0. The van der Waals surface area contributed by atoms with Gasteiger partial charge in [0.15, 0.2) is 5.78 Å². The molecule has 0 fully saturated rings. The van der Waals surface area contributed by atoms with Crippen molar-refractivity contribution in [2.45, 2.75) is 31.5 Å². The van der Waals surface area contributed by atoms with E-state index in [1.165, 1.54) is 24.5 Å². The standard InChI is InChI=1S/C21H17F3N4O2/c1-12-9-16(13-4-6-15(7-5-13)21(22,23)24)19(29)18-17(11-26-28(12)18)27-20(30)14-3-2-8-25-10-14/h2-8,10-12,16H,9H2,1H3,(H,27,30)/t12-,16?/m1/s1. The monoisotopic (exact) mass is 414 g/mol. The first kappa shape index (κ1) is 19.8. The maximum atomic E-state index is 13.2. The minimum Gasteiger partial charge on any atom is -0.319 e. The zero-order valence-electron chi connectivity index (χ0n) is 15.8. The summed E-state index contributed by atoms with van der Waals surface area (Å²) in [6.45, 7) is 1.87. The maximum absolute atomic E-state index is 13.2. The zero-order valence-corrected chi connectivity index (χ0v) is 15.8. The molecule has 1 aliphatic heterocycles. The van der Waals surface area contributed by atoms with Crippen LogP contribution in [-0.4, -0.2) is 26.5 Å². The van der Waals surface area contributed by atoms with Crippen LogP contribution in [0.2, 0.25) is 0 Å². The van der Waals surface area contributed by atoms with Gasteiger partial charge in [0.05, 0.1) is 35.0 Å². The highest BCUT2D eigenvalue weighted by molar-refractivity contribution is 6.10. The highest BCUT2D eigenvalue weighted by atomic mass is 19.4. The fourth-order valence-corrected chi connectivity index (χ4v) is 3.63. The number of rotatable bonds is 3. The molecular weight excluding hydrogens is 397 g/mol. The van der Waals surface area contributed by atoms with Crippen molar-refractivity contribution in [1.82, 2.24) is 14.8 Å². The molecule has 0 saturated carbocycles. The molecule has 1 unspecified atom stereocenters. The average molecular weight is 414 g/mol. The minimum absolute atomic E-state index is 0.172. The molecule has 154 valence electrons. The number of nitrogens with zero attached hydrogens (tertiary/aromatic N) is 3. The summed E-state index contributed by atoms with van der Waals surface area (Å²) in [5, 5.41) is 6.91. The molecule has 9 heteroatoms. The Morgan fingerprint density at radius 3 is 2.53 bits per heavy atom. The summed E-state index contributed by atoms with van der Waals surface area (Å²) in [6, 6.07) is 7.66. The van der Waals surface area contributed by atoms with Gasteiger partial charge in [0.25, 0.3) is 5.91 Å². The van der Waals surface area contributed by atoms with Crippen molar-refractivity contribution in [2.75, 3.05) is 5.32 Å². The van der Waals surface area contributed by atoms with Crippen molar-refractivity contribution in [3.8, 4) is 0 Å². The normalized spacial score (nSPS) is 18.7. The molecule has 3 heterocycles. The van der Waals surface area contributed by atoms with Gasteiger partial charge in [-0.25, -0.2) is 0 Å². The van der Waals surface area contributed by atoms with Crippen LogP contribution in [0.1, 0.15) is 57.3 Å². The third-order valence-electron chi connectivity index (χ3n) is 5.15. The number of carbonyl (C=O) groups excluding carboxylic acids is 2. The molecule has 6 nitrogen and oxygen atoms in total. The average Bonchev–Trinajstić information content (AvgIpc) is 3.15. The van der Waals surface area contributed by atoms with Gasteiger partial charge in [0, 0.05) is 12.4 Å². The topological polar surface area (TPSA) is 76.9 Å². The Morgan fingerprint density at radius 2 is 1.90 bits per heavy atom.